The van der Waals surface area contributed by atoms with Crippen LogP contribution in [0.5, 0.6) is 0 Å². The monoisotopic (exact) mass is 96.1 g/mol. The van der Waals surface area contributed by atoms with Crippen molar-refractivity contribution < 1.29 is 0 Å². The van der Waals surface area contributed by atoms with Crippen molar-refractivity contribution in [3.8, 4) is 12.3 Å². The first-order valence-corrected chi connectivity index (χ1v) is 2.50. The van der Waals surface area contributed by atoms with Gasteiger partial charge < -0.3 is 0 Å². The van der Waals surface area contributed by atoms with Crippen molar-refractivity contribution in [2.24, 2.45) is 5.41 Å². The minimum Gasteiger partial charge on any atom is -0.120 e. The van der Waals surface area contributed by atoms with Crippen LogP contribution >= 0.6 is 0 Å². The summed E-state index contributed by atoms with van der Waals surface area (Å²) in [4.78, 5) is 0. The summed E-state index contributed by atoms with van der Waals surface area (Å²) < 4.78 is 0. The summed E-state index contributed by atoms with van der Waals surface area (Å²) >= 11 is 0. The quantitative estimate of drug-likeness (QED) is 0.405. The molecule has 0 aromatic carbocycles. The first-order chi connectivity index (χ1) is 3.06. The Morgan fingerprint density at radius 2 is 1.86 bits per heavy atom. The average Bonchev–Trinajstić information content (AvgIpc) is 1.30. The molecule has 0 N–H and O–H groups in total. The van der Waals surface area contributed by atoms with Gasteiger partial charge in [0.05, 0.1) is 0 Å². The number of hydrogen-bond acceptors (Lipinski definition) is 0. The lowest BCUT2D eigenvalue weighted by Crippen LogP contribution is -2.01. The Hall–Kier alpha value is -0.440. The van der Waals surface area contributed by atoms with E-state index >= 15 is 0 Å². The summed E-state index contributed by atoms with van der Waals surface area (Å²) in [5.41, 5.74) is 0.314. The molecule has 0 aliphatic heterocycles. The Labute approximate surface area is 45.9 Å². The Balaban J connectivity index is 3.40. The van der Waals surface area contributed by atoms with Crippen LogP contribution in [-0.2, 0) is 0 Å². The molecule has 0 aliphatic rings. The predicted octanol–water partition coefficient (Wildman–Crippen LogP) is 2.06. The van der Waals surface area contributed by atoms with Crippen molar-refractivity contribution in [3.63, 3.8) is 0 Å². The van der Waals surface area contributed by atoms with Gasteiger partial charge in [0, 0.05) is 6.42 Å². The summed E-state index contributed by atoms with van der Waals surface area (Å²) in [5.74, 6) is 2.61. The van der Waals surface area contributed by atoms with E-state index in [9.17, 15) is 0 Å². The maximum Gasteiger partial charge on any atom is 0.0135 e. The van der Waals surface area contributed by atoms with Crippen LogP contribution in [0, 0.1) is 17.8 Å². The normalized spacial score (nSPS) is 10.6. The fourth-order valence-electron chi connectivity index (χ4n) is 0.306. The van der Waals surface area contributed by atoms with Gasteiger partial charge in [0.15, 0.2) is 0 Å². The van der Waals surface area contributed by atoms with Crippen LogP contribution in [0.2, 0.25) is 0 Å². The molecule has 0 spiro atoms. The molecular formula is C7H12. The Morgan fingerprint density at radius 3 is 1.86 bits per heavy atom. The van der Waals surface area contributed by atoms with Gasteiger partial charge >= 0.3 is 0 Å². The first kappa shape index (κ1) is 6.56. The summed E-state index contributed by atoms with van der Waals surface area (Å²) in [6, 6.07) is 0. The zero-order valence-electron chi connectivity index (χ0n) is 5.28. The lowest BCUT2D eigenvalue weighted by Gasteiger charge is -2.11. The Morgan fingerprint density at radius 1 is 1.43 bits per heavy atom. The van der Waals surface area contributed by atoms with Gasteiger partial charge in [-0.25, -0.2) is 0 Å². The minimum atomic E-state index is 0.314. The predicted molar refractivity (Wildman–Crippen MR) is 32.9 cm³/mol. The second-order valence-corrected chi connectivity index (χ2v) is 2.94. The van der Waals surface area contributed by atoms with E-state index in [-0.39, 0.29) is 0 Å². The molecule has 0 amide bonds. The summed E-state index contributed by atoms with van der Waals surface area (Å²) in [7, 11) is 0. The van der Waals surface area contributed by atoms with E-state index in [0.717, 1.165) is 6.42 Å². The van der Waals surface area contributed by atoms with Gasteiger partial charge in [-0.2, -0.15) is 0 Å². The van der Waals surface area contributed by atoms with Gasteiger partial charge in [0.25, 0.3) is 0 Å². The summed E-state index contributed by atoms with van der Waals surface area (Å²) in [6.45, 7) is 6.40. The third-order valence-corrected chi connectivity index (χ3v) is 0.632. The van der Waals surface area contributed by atoms with Crippen molar-refractivity contribution >= 4 is 0 Å². The molecule has 0 atom stereocenters. The lowest BCUT2D eigenvalue weighted by molar-refractivity contribution is 0.428. The van der Waals surface area contributed by atoms with Crippen molar-refractivity contribution in [2.75, 3.05) is 0 Å². The highest BCUT2D eigenvalue weighted by Gasteiger charge is 2.05. The third kappa shape index (κ3) is 5.56. The fraction of sp³-hybridized carbons (Fsp3) is 0.714. The van der Waals surface area contributed by atoms with E-state index in [1.54, 1.807) is 0 Å². The van der Waals surface area contributed by atoms with Gasteiger partial charge in [-0.05, 0) is 5.41 Å². The minimum absolute atomic E-state index is 0.314. The highest BCUT2D eigenvalue weighted by molar-refractivity contribution is 4.88. The van der Waals surface area contributed by atoms with Crippen LogP contribution in [-0.4, -0.2) is 0 Å². The summed E-state index contributed by atoms with van der Waals surface area (Å²) in [5, 5.41) is 0. The molecular weight excluding hydrogens is 84.1 g/mol. The molecule has 0 saturated carbocycles. The molecule has 0 aromatic heterocycles. The number of rotatable bonds is 0. The van der Waals surface area contributed by atoms with Crippen LogP contribution in [0.3, 0.4) is 0 Å². The maximum absolute atomic E-state index is 5.06. The van der Waals surface area contributed by atoms with Crippen molar-refractivity contribution in [3.05, 3.63) is 0 Å². The average molecular weight is 96.2 g/mol. The molecule has 40 valence electrons. The standard InChI is InChI=1S/C7H12/c1-5-6-7(2,3)4/h1H,6H2,2-4H3. The molecule has 0 saturated heterocycles. The Kier molecular flexibility index (Phi) is 1.90. The maximum atomic E-state index is 5.06. The molecule has 0 rings (SSSR count). The number of hydrogen-bond donors (Lipinski definition) is 0. The van der Waals surface area contributed by atoms with Crippen LogP contribution in [0.4, 0.5) is 0 Å². The lowest BCUT2D eigenvalue weighted by atomic mass is 9.93. The van der Waals surface area contributed by atoms with E-state index in [1.807, 2.05) is 0 Å². The van der Waals surface area contributed by atoms with Gasteiger partial charge in [-0.15, -0.1) is 12.3 Å². The molecule has 0 unspecified atom stereocenters. The topological polar surface area (TPSA) is 0 Å². The largest absolute Gasteiger partial charge is 0.120 e. The second-order valence-electron chi connectivity index (χ2n) is 2.94. The van der Waals surface area contributed by atoms with E-state index in [0.29, 0.717) is 5.41 Å². The smallest absolute Gasteiger partial charge is 0.0135 e. The van der Waals surface area contributed by atoms with Crippen LogP contribution in [0.15, 0.2) is 0 Å². The van der Waals surface area contributed by atoms with E-state index in [2.05, 4.69) is 26.7 Å². The summed E-state index contributed by atoms with van der Waals surface area (Å²) in [6.07, 6.45) is 5.93. The van der Waals surface area contributed by atoms with Crippen LogP contribution in [0.1, 0.15) is 27.2 Å². The highest BCUT2D eigenvalue weighted by Crippen LogP contribution is 2.16. The first-order valence-electron chi connectivity index (χ1n) is 2.50. The van der Waals surface area contributed by atoms with Crippen molar-refractivity contribution in [2.45, 2.75) is 27.2 Å². The van der Waals surface area contributed by atoms with Crippen molar-refractivity contribution in [1.82, 2.24) is 0 Å². The van der Waals surface area contributed by atoms with Gasteiger partial charge in [-0.3, -0.25) is 0 Å². The molecule has 7 heavy (non-hydrogen) atoms. The molecule has 0 heteroatoms. The van der Waals surface area contributed by atoms with Crippen LogP contribution in [0.25, 0.3) is 0 Å². The molecule has 0 heterocycles. The zero-order valence-corrected chi connectivity index (χ0v) is 5.28. The van der Waals surface area contributed by atoms with Crippen LogP contribution < -0.4 is 0 Å². The van der Waals surface area contributed by atoms with E-state index in [4.69, 9.17) is 6.42 Å². The fourth-order valence-corrected chi connectivity index (χ4v) is 0.306. The highest BCUT2D eigenvalue weighted by atomic mass is 14.1. The van der Waals surface area contributed by atoms with Gasteiger partial charge in [0.1, 0.15) is 0 Å². The van der Waals surface area contributed by atoms with E-state index < -0.39 is 0 Å². The molecule has 0 nitrogen and oxygen atoms in total. The molecule has 0 aliphatic carbocycles. The molecule has 0 radical (unpaired) electrons. The van der Waals surface area contributed by atoms with Gasteiger partial charge in [-0.1, -0.05) is 20.8 Å². The second kappa shape index (κ2) is 2.02. The molecule has 0 aromatic rings. The third-order valence-electron chi connectivity index (χ3n) is 0.632. The van der Waals surface area contributed by atoms with E-state index in [1.165, 1.54) is 0 Å². The Bertz CT molecular complexity index is 77.2. The van der Waals surface area contributed by atoms with Crippen molar-refractivity contribution in [1.29, 1.82) is 0 Å². The number of terminal acetylenes is 1. The van der Waals surface area contributed by atoms with Gasteiger partial charge in [0.2, 0.25) is 0 Å². The molecule has 0 fully saturated rings. The zero-order chi connectivity index (χ0) is 5.91. The molecule has 0 bridgehead atoms. The SMILES string of the molecule is C#CCC(C)(C)C.